The highest BCUT2D eigenvalue weighted by Crippen LogP contribution is 2.52. The second kappa shape index (κ2) is 10.2. The third-order valence-corrected chi connectivity index (χ3v) is 8.73. The van der Waals surface area contributed by atoms with Gasteiger partial charge >= 0.3 is 6.09 Å². The Morgan fingerprint density at radius 2 is 1.55 bits per heavy atom. The highest BCUT2D eigenvalue weighted by molar-refractivity contribution is 6.07. The van der Waals surface area contributed by atoms with Gasteiger partial charge in [-0.25, -0.2) is 4.79 Å². The van der Waals surface area contributed by atoms with Crippen molar-refractivity contribution < 1.29 is 14.3 Å². The van der Waals surface area contributed by atoms with Crippen LogP contribution in [-0.2, 0) is 23.2 Å². The molecule has 1 aliphatic heterocycles. The topological polar surface area (TPSA) is 47.6 Å². The lowest BCUT2D eigenvalue weighted by molar-refractivity contribution is 0.159. The van der Waals surface area contributed by atoms with Crippen LogP contribution in [0.3, 0.4) is 0 Å². The number of hydrogen-bond acceptors (Lipinski definition) is 3. The van der Waals surface area contributed by atoms with E-state index in [1.165, 1.54) is 44.2 Å². The van der Waals surface area contributed by atoms with Crippen molar-refractivity contribution in [3.05, 3.63) is 136 Å². The van der Waals surface area contributed by atoms with Gasteiger partial charge in [0.2, 0.25) is 0 Å². The lowest BCUT2D eigenvalue weighted by Crippen LogP contribution is -2.35. The number of carbonyl (C=O) groups is 1. The maximum atomic E-state index is 12.0. The monoisotopic (exact) mass is 551 g/mol. The van der Waals surface area contributed by atoms with Crippen molar-refractivity contribution in [1.82, 2.24) is 0 Å². The Balaban J connectivity index is 1.45. The van der Waals surface area contributed by atoms with Crippen molar-refractivity contribution in [3.63, 3.8) is 0 Å². The van der Waals surface area contributed by atoms with Crippen molar-refractivity contribution in [3.8, 4) is 16.9 Å². The van der Waals surface area contributed by atoms with Gasteiger partial charge < -0.3 is 9.47 Å². The average Bonchev–Trinajstić information content (AvgIpc) is 3.02. The molecule has 4 heteroatoms. The Morgan fingerprint density at radius 3 is 2.31 bits per heavy atom. The molecule has 0 saturated carbocycles. The minimum absolute atomic E-state index is 0.321. The summed E-state index contributed by atoms with van der Waals surface area (Å²) in [7, 11) is 0. The van der Waals surface area contributed by atoms with Crippen LogP contribution in [0.1, 0.15) is 45.9 Å². The predicted molar refractivity (Wildman–Crippen MR) is 170 cm³/mol. The van der Waals surface area contributed by atoms with E-state index < -0.39 is 11.7 Å². The molecular weight excluding hydrogens is 518 g/mol. The van der Waals surface area contributed by atoms with Crippen molar-refractivity contribution in [2.75, 3.05) is 11.9 Å². The number of nitrogens with one attached hydrogen (secondary N) is 1. The zero-order chi connectivity index (χ0) is 28.8. The zero-order valence-electron chi connectivity index (χ0n) is 24.2. The summed E-state index contributed by atoms with van der Waals surface area (Å²) >= 11 is 0. The van der Waals surface area contributed by atoms with E-state index in [4.69, 9.17) is 9.47 Å². The van der Waals surface area contributed by atoms with Crippen LogP contribution >= 0.6 is 0 Å². The van der Waals surface area contributed by atoms with Gasteiger partial charge in [-0.15, -0.1) is 0 Å². The molecule has 0 spiro atoms. The van der Waals surface area contributed by atoms with Crippen LogP contribution in [0.2, 0.25) is 0 Å². The Labute approximate surface area is 246 Å². The molecule has 7 rings (SSSR count). The Morgan fingerprint density at radius 1 is 0.857 bits per heavy atom. The predicted octanol–water partition coefficient (Wildman–Crippen LogP) is 9.14. The minimum Gasteiger partial charge on any atom is -0.473 e. The van der Waals surface area contributed by atoms with Crippen LogP contribution in [0.5, 0.6) is 5.75 Å². The number of rotatable bonds is 4. The summed E-state index contributed by atoms with van der Waals surface area (Å²) in [6.45, 7) is 6.49. The fourth-order valence-corrected chi connectivity index (χ4v) is 6.52. The van der Waals surface area contributed by atoms with Gasteiger partial charge in [-0.3, -0.25) is 5.32 Å². The number of fused-ring (bicyclic) bond motifs is 8. The number of amides is 1. The Bertz CT molecular complexity index is 1870. The van der Waals surface area contributed by atoms with E-state index >= 15 is 0 Å². The summed E-state index contributed by atoms with van der Waals surface area (Å²) in [4.78, 5) is 12.0. The molecule has 1 aliphatic carbocycles. The minimum atomic E-state index is -0.838. The number of ether oxygens (including phenoxy) is 2. The number of carbonyl (C=O) groups excluding carboxylic acids is 1. The summed E-state index contributed by atoms with van der Waals surface area (Å²) in [6.07, 6.45) is 5.88. The molecule has 5 aromatic rings. The Kier molecular flexibility index (Phi) is 6.35. The molecule has 1 amide bonds. The van der Waals surface area contributed by atoms with Crippen molar-refractivity contribution >= 4 is 28.6 Å². The molecule has 5 aromatic carbocycles. The lowest BCUT2D eigenvalue weighted by Gasteiger charge is -2.39. The number of hydrogen-bond donors (Lipinski definition) is 1. The van der Waals surface area contributed by atoms with E-state index in [1.54, 1.807) is 6.92 Å². The van der Waals surface area contributed by atoms with Gasteiger partial charge in [-0.1, -0.05) is 78.9 Å². The van der Waals surface area contributed by atoms with Crippen molar-refractivity contribution in [1.29, 1.82) is 0 Å². The molecule has 2 aliphatic rings. The second-order valence-corrected chi connectivity index (χ2v) is 11.2. The summed E-state index contributed by atoms with van der Waals surface area (Å²) in [6, 6.07) is 31.7. The van der Waals surface area contributed by atoms with Crippen LogP contribution in [0.4, 0.5) is 10.5 Å². The molecule has 0 bridgehead atoms. The SMILES string of the molecule is CCOC(=O)Nc1ccc(C2(c3ccccc3)C=Cc3c(c4c(c5cc(C)c(C)cc35)-c3ccccc3CC4)O2)cc1. The summed E-state index contributed by atoms with van der Waals surface area (Å²) in [5.41, 5.74) is 10.8. The molecule has 4 nitrogen and oxygen atoms in total. The van der Waals surface area contributed by atoms with Crippen LogP contribution in [0.15, 0.2) is 97.1 Å². The maximum absolute atomic E-state index is 12.0. The van der Waals surface area contributed by atoms with E-state index in [0.717, 1.165) is 35.3 Å². The molecule has 0 radical (unpaired) electrons. The Hall–Kier alpha value is -4.83. The maximum Gasteiger partial charge on any atom is 0.411 e. The van der Waals surface area contributed by atoms with E-state index in [1.807, 2.05) is 30.3 Å². The van der Waals surface area contributed by atoms with Crippen LogP contribution in [-0.4, -0.2) is 12.7 Å². The van der Waals surface area contributed by atoms with Gasteiger partial charge in [0.1, 0.15) is 5.75 Å². The first-order valence-corrected chi connectivity index (χ1v) is 14.6. The van der Waals surface area contributed by atoms with Gasteiger partial charge in [0.15, 0.2) is 5.60 Å². The smallest absolute Gasteiger partial charge is 0.411 e. The molecule has 0 aromatic heterocycles. The van der Waals surface area contributed by atoms with Gasteiger partial charge in [-0.2, -0.15) is 0 Å². The molecule has 1 atom stereocenters. The fraction of sp³-hybridized carbons (Fsp3) is 0.184. The average molecular weight is 552 g/mol. The van der Waals surface area contributed by atoms with Gasteiger partial charge in [0, 0.05) is 27.9 Å². The number of aryl methyl sites for hydroxylation is 3. The number of anilines is 1. The van der Waals surface area contributed by atoms with Crippen LogP contribution < -0.4 is 10.1 Å². The quantitative estimate of drug-likeness (QED) is 0.242. The van der Waals surface area contributed by atoms with Crippen molar-refractivity contribution in [2.24, 2.45) is 0 Å². The molecule has 0 fully saturated rings. The molecule has 42 heavy (non-hydrogen) atoms. The lowest BCUT2D eigenvalue weighted by atomic mass is 9.77. The van der Waals surface area contributed by atoms with Gasteiger partial charge in [0.05, 0.1) is 6.61 Å². The van der Waals surface area contributed by atoms with Crippen molar-refractivity contribution in [2.45, 2.75) is 39.2 Å². The summed E-state index contributed by atoms with van der Waals surface area (Å²) in [5, 5.41) is 5.31. The molecular formula is C38H33NO3. The zero-order valence-corrected chi connectivity index (χ0v) is 24.2. The third kappa shape index (κ3) is 4.18. The second-order valence-electron chi connectivity index (χ2n) is 11.2. The summed E-state index contributed by atoms with van der Waals surface area (Å²) in [5.74, 6) is 0.954. The largest absolute Gasteiger partial charge is 0.473 e. The van der Waals surface area contributed by atoms with Crippen LogP contribution in [0.25, 0.3) is 28.0 Å². The normalized spacial score (nSPS) is 16.6. The highest BCUT2D eigenvalue weighted by atomic mass is 16.5. The van der Waals surface area contributed by atoms with E-state index in [2.05, 4.69) is 92.0 Å². The molecule has 0 saturated heterocycles. The first kappa shape index (κ1) is 26.1. The first-order chi connectivity index (χ1) is 20.5. The third-order valence-electron chi connectivity index (χ3n) is 8.73. The van der Waals surface area contributed by atoms with Gasteiger partial charge in [-0.05, 0) is 96.5 Å². The fourth-order valence-electron chi connectivity index (χ4n) is 6.52. The standard InChI is InChI=1S/C38H33NO3/c1-4-41-37(40)39-29-17-15-28(16-18-29)38(27-11-6-5-7-12-27)21-20-31-33-22-24(2)25(3)23-34(33)35-30-13-9-8-10-26(30)14-19-32(35)36(31)42-38/h5-13,15-18,20-23H,4,14,19H2,1-3H3,(H,39,40). The van der Waals surface area contributed by atoms with E-state index in [-0.39, 0.29) is 0 Å². The summed E-state index contributed by atoms with van der Waals surface area (Å²) < 4.78 is 12.4. The van der Waals surface area contributed by atoms with Gasteiger partial charge in [0.25, 0.3) is 0 Å². The molecule has 1 N–H and O–H groups in total. The molecule has 1 unspecified atom stereocenters. The van der Waals surface area contributed by atoms with Crippen LogP contribution in [0, 0.1) is 13.8 Å². The highest BCUT2D eigenvalue weighted by Gasteiger charge is 2.39. The van der Waals surface area contributed by atoms with E-state index in [9.17, 15) is 4.79 Å². The number of benzene rings is 5. The molecule has 208 valence electrons. The molecule has 1 heterocycles. The first-order valence-electron chi connectivity index (χ1n) is 14.6. The van der Waals surface area contributed by atoms with E-state index in [0.29, 0.717) is 12.3 Å².